The van der Waals surface area contributed by atoms with Gasteiger partial charge < -0.3 is 9.84 Å². The maximum atomic E-state index is 9.86. The molecule has 0 amide bonds. The van der Waals surface area contributed by atoms with Gasteiger partial charge in [-0.1, -0.05) is 30.3 Å². The SMILES string of the molecule is COCC(NC(C)c1nn(C)cc1O)c1ccccc1. The number of benzene rings is 1. The summed E-state index contributed by atoms with van der Waals surface area (Å²) in [5.41, 5.74) is 1.79. The number of hydrogen-bond donors (Lipinski definition) is 2. The van der Waals surface area contributed by atoms with E-state index in [4.69, 9.17) is 4.74 Å². The first-order valence-electron chi connectivity index (χ1n) is 6.64. The second-order valence-electron chi connectivity index (χ2n) is 4.88. The van der Waals surface area contributed by atoms with E-state index in [9.17, 15) is 5.11 Å². The molecular weight excluding hydrogens is 254 g/mol. The average Bonchev–Trinajstić information content (AvgIpc) is 2.78. The Hall–Kier alpha value is -1.85. The molecule has 0 aliphatic heterocycles. The summed E-state index contributed by atoms with van der Waals surface area (Å²) in [6.45, 7) is 2.54. The fourth-order valence-electron chi connectivity index (χ4n) is 2.27. The molecule has 2 aromatic rings. The molecular formula is C15H21N3O2. The number of hydrogen-bond acceptors (Lipinski definition) is 4. The molecule has 2 N–H and O–H groups in total. The van der Waals surface area contributed by atoms with Crippen LogP contribution in [0.3, 0.4) is 0 Å². The van der Waals surface area contributed by atoms with Crippen molar-refractivity contribution < 1.29 is 9.84 Å². The molecule has 5 heteroatoms. The monoisotopic (exact) mass is 275 g/mol. The average molecular weight is 275 g/mol. The summed E-state index contributed by atoms with van der Waals surface area (Å²) in [5.74, 6) is 0.205. The summed E-state index contributed by atoms with van der Waals surface area (Å²) in [6, 6.07) is 10.1. The van der Waals surface area contributed by atoms with Crippen molar-refractivity contribution in [3.8, 4) is 5.75 Å². The molecule has 2 rings (SSSR count). The molecule has 1 aromatic heterocycles. The summed E-state index contributed by atoms with van der Waals surface area (Å²) in [4.78, 5) is 0. The normalized spacial score (nSPS) is 14.2. The van der Waals surface area contributed by atoms with E-state index in [1.54, 1.807) is 25.0 Å². The van der Waals surface area contributed by atoms with Crippen molar-refractivity contribution in [2.75, 3.05) is 13.7 Å². The third-order valence-electron chi connectivity index (χ3n) is 3.23. The molecule has 0 spiro atoms. The van der Waals surface area contributed by atoms with Crippen LogP contribution >= 0.6 is 0 Å². The van der Waals surface area contributed by atoms with Gasteiger partial charge in [-0.15, -0.1) is 0 Å². The number of aryl methyl sites for hydroxylation is 1. The van der Waals surface area contributed by atoms with E-state index >= 15 is 0 Å². The lowest BCUT2D eigenvalue weighted by atomic mass is 10.1. The van der Waals surface area contributed by atoms with Crippen molar-refractivity contribution >= 4 is 0 Å². The lowest BCUT2D eigenvalue weighted by molar-refractivity contribution is 0.161. The maximum Gasteiger partial charge on any atom is 0.158 e. The smallest absolute Gasteiger partial charge is 0.158 e. The highest BCUT2D eigenvalue weighted by Crippen LogP contribution is 2.24. The van der Waals surface area contributed by atoms with E-state index < -0.39 is 0 Å². The quantitative estimate of drug-likeness (QED) is 0.848. The highest BCUT2D eigenvalue weighted by Gasteiger charge is 2.19. The van der Waals surface area contributed by atoms with Gasteiger partial charge in [0.1, 0.15) is 5.69 Å². The first kappa shape index (κ1) is 14.6. The molecule has 108 valence electrons. The van der Waals surface area contributed by atoms with Gasteiger partial charge in [-0.2, -0.15) is 5.10 Å². The van der Waals surface area contributed by atoms with Crippen LogP contribution in [0.5, 0.6) is 5.75 Å². The number of methoxy groups -OCH3 is 1. The van der Waals surface area contributed by atoms with Crippen LogP contribution in [0.15, 0.2) is 36.5 Å². The summed E-state index contributed by atoms with van der Waals surface area (Å²) in [6.07, 6.45) is 1.60. The molecule has 0 radical (unpaired) electrons. The molecule has 1 heterocycles. The van der Waals surface area contributed by atoms with Gasteiger partial charge in [0.15, 0.2) is 5.75 Å². The van der Waals surface area contributed by atoms with Crippen molar-refractivity contribution in [1.29, 1.82) is 0 Å². The Morgan fingerprint density at radius 3 is 2.60 bits per heavy atom. The second kappa shape index (κ2) is 6.54. The van der Waals surface area contributed by atoms with E-state index in [1.165, 1.54) is 0 Å². The van der Waals surface area contributed by atoms with Crippen molar-refractivity contribution in [1.82, 2.24) is 15.1 Å². The van der Waals surface area contributed by atoms with E-state index in [0.717, 1.165) is 5.56 Å². The molecule has 0 aliphatic carbocycles. The van der Waals surface area contributed by atoms with Crippen molar-refractivity contribution in [2.45, 2.75) is 19.0 Å². The van der Waals surface area contributed by atoms with E-state index in [2.05, 4.69) is 22.5 Å². The van der Waals surface area contributed by atoms with Gasteiger partial charge in [0.25, 0.3) is 0 Å². The Bertz CT molecular complexity index is 539. The van der Waals surface area contributed by atoms with Gasteiger partial charge in [0, 0.05) is 14.2 Å². The number of aromatic hydroxyl groups is 1. The standard InChI is InChI=1S/C15H21N3O2/c1-11(15-14(19)9-18(2)17-15)16-13(10-20-3)12-7-5-4-6-8-12/h4-9,11,13,16,19H,10H2,1-3H3. The zero-order chi connectivity index (χ0) is 14.5. The van der Waals surface area contributed by atoms with Crippen molar-refractivity contribution in [2.24, 2.45) is 7.05 Å². The lowest BCUT2D eigenvalue weighted by Gasteiger charge is -2.22. The molecule has 5 nitrogen and oxygen atoms in total. The Kier molecular flexibility index (Phi) is 4.76. The summed E-state index contributed by atoms with van der Waals surface area (Å²) in [5, 5.41) is 17.6. The summed E-state index contributed by atoms with van der Waals surface area (Å²) in [7, 11) is 3.47. The van der Waals surface area contributed by atoms with E-state index in [-0.39, 0.29) is 17.8 Å². The van der Waals surface area contributed by atoms with Crippen LogP contribution in [0.4, 0.5) is 0 Å². The maximum absolute atomic E-state index is 9.86. The highest BCUT2D eigenvalue weighted by atomic mass is 16.5. The largest absolute Gasteiger partial charge is 0.504 e. The highest BCUT2D eigenvalue weighted by molar-refractivity contribution is 5.26. The number of ether oxygens (including phenoxy) is 1. The molecule has 0 bridgehead atoms. The molecule has 0 saturated heterocycles. The van der Waals surface area contributed by atoms with Gasteiger partial charge in [-0.05, 0) is 12.5 Å². The predicted molar refractivity (Wildman–Crippen MR) is 77.5 cm³/mol. The van der Waals surface area contributed by atoms with Crippen LogP contribution in [-0.4, -0.2) is 28.6 Å². The Labute approximate surface area is 119 Å². The zero-order valence-corrected chi connectivity index (χ0v) is 12.1. The van der Waals surface area contributed by atoms with E-state index in [1.807, 2.05) is 25.1 Å². The fourth-order valence-corrected chi connectivity index (χ4v) is 2.27. The third kappa shape index (κ3) is 3.37. The van der Waals surface area contributed by atoms with Gasteiger partial charge in [0.05, 0.1) is 24.9 Å². The molecule has 0 saturated carbocycles. The predicted octanol–water partition coefficient (Wildman–Crippen LogP) is 2.16. The van der Waals surface area contributed by atoms with Crippen molar-refractivity contribution in [3.63, 3.8) is 0 Å². The van der Waals surface area contributed by atoms with Crippen molar-refractivity contribution in [3.05, 3.63) is 47.8 Å². The second-order valence-corrected chi connectivity index (χ2v) is 4.88. The number of nitrogens with zero attached hydrogens (tertiary/aromatic N) is 2. The van der Waals surface area contributed by atoms with Crippen LogP contribution < -0.4 is 5.32 Å². The molecule has 1 aromatic carbocycles. The third-order valence-corrected chi connectivity index (χ3v) is 3.23. The number of aromatic nitrogens is 2. The molecule has 0 fully saturated rings. The zero-order valence-electron chi connectivity index (χ0n) is 12.1. The topological polar surface area (TPSA) is 59.3 Å². The molecule has 20 heavy (non-hydrogen) atoms. The minimum atomic E-state index is -0.0726. The Morgan fingerprint density at radius 2 is 2.05 bits per heavy atom. The molecule has 2 unspecified atom stereocenters. The molecule has 2 atom stereocenters. The van der Waals surface area contributed by atoms with Gasteiger partial charge in [0.2, 0.25) is 0 Å². The van der Waals surface area contributed by atoms with Gasteiger partial charge >= 0.3 is 0 Å². The summed E-state index contributed by atoms with van der Waals surface area (Å²) < 4.78 is 6.89. The fraction of sp³-hybridized carbons (Fsp3) is 0.400. The van der Waals surface area contributed by atoms with Crippen LogP contribution in [0.1, 0.15) is 30.3 Å². The minimum Gasteiger partial charge on any atom is -0.504 e. The Morgan fingerprint density at radius 1 is 1.35 bits per heavy atom. The van der Waals surface area contributed by atoms with Crippen LogP contribution in [0.2, 0.25) is 0 Å². The lowest BCUT2D eigenvalue weighted by Crippen LogP contribution is -2.28. The van der Waals surface area contributed by atoms with Gasteiger partial charge in [-0.3, -0.25) is 10.00 Å². The number of nitrogens with one attached hydrogen (secondary N) is 1. The first-order valence-corrected chi connectivity index (χ1v) is 6.64. The molecule has 0 aliphatic rings. The van der Waals surface area contributed by atoms with Crippen LogP contribution in [0.25, 0.3) is 0 Å². The van der Waals surface area contributed by atoms with Gasteiger partial charge in [-0.25, -0.2) is 0 Å². The van der Waals surface area contributed by atoms with E-state index in [0.29, 0.717) is 12.3 Å². The number of rotatable bonds is 6. The Balaban J connectivity index is 2.14. The van der Waals surface area contributed by atoms with Crippen LogP contribution in [0, 0.1) is 0 Å². The minimum absolute atomic E-state index is 0.0533. The summed E-state index contributed by atoms with van der Waals surface area (Å²) >= 11 is 0. The first-order chi connectivity index (χ1) is 9.61. The van der Waals surface area contributed by atoms with Crippen LogP contribution in [-0.2, 0) is 11.8 Å².